The molecule has 1 unspecified atom stereocenters. The number of hydrogen-bond acceptors (Lipinski definition) is 0. The van der Waals surface area contributed by atoms with Crippen LogP contribution < -0.4 is 0 Å². The Hall–Kier alpha value is 0.359. The van der Waals surface area contributed by atoms with Crippen LogP contribution in [0.2, 0.25) is 17.2 Å². The minimum atomic E-state index is -2.03. The van der Waals surface area contributed by atoms with Crippen molar-refractivity contribution in [3.63, 3.8) is 0 Å². The van der Waals surface area contributed by atoms with E-state index in [0.717, 1.165) is 0 Å². The second-order valence-corrected chi connectivity index (χ2v) is 20.1. The van der Waals surface area contributed by atoms with E-state index in [-0.39, 0.29) is 0 Å². The Bertz CT molecular complexity index is 192. The zero-order valence-corrected chi connectivity index (χ0v) is 15.4. The van der Waals surface area contributed by atoms with E-state index < -0.39 is 18.4 Å². The van der Waals surface area contributed by atoms with Crippen molar-refractivity contribution < 1.29 is 0 Å². The summed E-state index contributed by atoms with van der Waals surface area (Å²) in [5.74, 6) is 3.13. The molecule has 17 heavy (non-hydrogen) atoms. The molecule has 0 aliphatic rings. The first kappa shape index (κ1) is 17.4. The number of hydrogen-bond donors (Lipinski definition) is 0. The summed E-state index contributed by atoms with van der Waals surface area (Å²) in [6, 6.07) is 0. The molecule has 0 radical (unpaired) electrons. The molecule has 0 saturated carbocycles. The van der Waals surface area contributed by atoms with Gasteiger partial charge in [-0.25, -0.2) is 0 Å². The van der Waals surface area contributed by atoms with E-state index in [4.69, 9.17) is 6.42 Å². The molecule has 1 atom stereocenters. The topological polar surface area (TPSA) is 0 Å². The molecule has 0 bridgehead atoms. The normalized spacial score (nSPS) is 13.4. The van der Waals surface area contributed by atoms with Gasteiger partial charge in [0.1, 0.15) is 0 Å². The molecule has 1 heteroatoms. The maximum absolute atomic E-state index is 5.78. The maximum atomic E-state index is 5.78. The van der Waals surface area contributed by atoms with Crippen molar-refractivity contribution in [2.45, 2.75) is 83.5 Å². The molecule has 0 nitrogen and oxygen atoms in total. The van der Waals surface area contributed by atoms with Crippen molar-refractivity contribution in [3.8, 4) is 12.3 Å². The fourth-order valence-electron chi connectivity index (χ4n) is 2.79. The molecule has 0 aromatic rings. The van der Waals surface area contributed by atoms with Gasteiger partial charge in [0, 0.05) is 0 Å². The zero-order chi connectivity index (χ0) is 13.1. The summed E-state index contributed by atoms with van der Waals surface area (Å²) in [7, 11) is 0. The fourth-order valence-corrected chi connectivity index (χ4v) is 18.7. The fraction of sp³-hybridized carbons (Fsp3) is 0.875. The first-order valence-corrected chi connectivity index (χ1v) is 15.3. The number of rotatable bonds is 10. The Kier molecular flexibility index (Phi) is 10.5. The Morgan fingerprint density at radius 2 is 1.24 bits per heavy atom. The van der Waals surface area contributed by atoms with Gasteiger partial charge in [-0.2, -0.15) is 0 Å². The third-order valence-corrected chi connectivity index (χ3v) is 21.5. The molecule has 0 saturated heterocycles. The first-order valence-electron chi connectivity index (χ1n) is 7.63. The quantitative estimate of drug-likeness (QED) is 0.344. The van der Waals surface area contributed by atoms with Crippen molar-refractivity contribution in [3.05, 3.63) is 0 Å². The summed E-state index contributed by atoms with van der Waals surface area (Å²) in [5, 5.41) is 0. The summed E-state index contributed by atoms with van der Waals surface area (Å²) in [5.41, 5.74) is 0. The van der Waals surface area contributed by atoms with Crippen molar-refractivity contribution >= 4 is 18.4 Å². The Morgan fingerprint density at radius 1 is 0.882 bits per heavy atom. The third kappa shape index (κ3) is 6.18. The van der Waals surface area contributed by atoms with Crippen LogP contribution in [-0.4, -0.2) is 18.4 Å². The van der Waals surface area contributed by atoms with Gasteiger partial charge in [-0.15, -0.1) is 0 Å². The summed E-state index contributed by atoms with van der Waals surface area (Å²) < 4.78 is 5.26. The van der Waals surface area contributed by atoms with Crippen LogP contribution in [-0.2, 0) is 0 Å². The van der Waals surface area contributed by atoms with Crippen molar-refractivity contribution in [2.24, 2.45) is 0 Å². The molecule has 0 aliphatic carbocycles. The van der Waals surface area contributed by atoms with E-state index in [1.807, 2.05) is 0 Å². The Balaban J connectivity index is 4.71. The average Bonchev–Trinajstić information content (AvgIpc) is 2.37. The van der Waals surface area contributed by atoms with Crippen LogP contribution >= 0.6 is 0 Å². The monoisotopic (exact) mass is 344 g/mol. The molecule has 100 valence electrons. The van der Waals surface area contributed by atoms with Crippen LogP contribution in [0, 0.1) is 12.3 Å². The van der Waals surface area contributed by atoms with Gasteiger partial charge in [-0.1, -0.05) is 0 Å². The van der Waals surface area contributed by atoms with E-state index in [1.165, 1.54) is 51.8 Å². The van der Waals surface area contributed by atoms with E-state index >= 15 is 0 Å². The van der Waals surface area contributed by atoms with Gasteiger partial charge in [-0.05, 0) is 0 Å². The van der Waals surface area contributed by atoms with Gasteiger partial charge in [0.05, 0.1) is 0 Å². The SMILES string of the molecule is C#C[CH](C)[Sn]([CH2]CCC)([CH2]CCC)[CH2]CCC. The van der Waals surface area contributed by atoms with Gasteiger partial charge >= 0.3 is 114 Å². The van der Waals surface area contributed by atoms with Gasteiger partial charge in [-0.3, -0.25) is 0 Å². The van der Waals surface area contributed by atoms with E-state index in [2.05, 4.69) is 33.6 Å². The Morgan fingerprint density at radius 3 is 1.47 bits per heavy atom. The van der Waals surface area contributed by atoms with Crippen LogP contribution in [0.3, 0.4) is 0 Å². The predicted octanol–water partition coefficient (Wildman–Crippen LogP) is 5.86. The third-order valence-electron chi connectivity index (χ3n) is 4.25. The molecule has 0 heterocycles. The van der Waals surface area contributed by atoms with Crippen LogP contribution in [0.15, 0.2) is 0 Å². The zero-order valence-electron chi connectivity index (χ0n) is 12.5. The number of unbranched alkanes of at least 4 members (excludes halogenated alkanes) is 3. The second-order valence-electron chi connectivity index (χ2n) is 5.56. The second kappa shape index (κ2) is 10.3. The summed E-state index contributed by atoms with van der Waals surface area (Å²) in [6.45, 7) is 9.31. The van der Waals surface area contributed by atoms with E-state index in [9.17, 15) is 0 Å². The predicted molar refractivity (Wildman–Crippen MR) is 83.2 cm³/mol. The van der Waals surface area contributed by atoms with Crippen LogP contribution in [0.4, 0.5) is 0 Å². The first-order chi connectivity index (χ1) is 8.16. The summed E-state index contributed by atoms with van der Waals surface area (Å²) in [4.78, 5) is 0. The molecule has 0 N–H and O–H groups in total. The molecule has 0 aromatic carbocycles. The molecule has 0 aliphatic heterocycles. The van der Waals surface area contributed by atoms with Gasteiger partial charge in [0.15, 0.2) is 0 Å². The molecule has 0 rings (SSSR count). The van der Waals surface area contributed by atoms with Crippen LogP contribution in [0.5, 0.6) is 0 Å². The molecule has 0 fully saturated rings. The van der Waals surface area contributed by atoms with Crippen LogP contribution in [0.25, 0.3) is 0 Å². The minimum absolute atomic E-state index is 0.647. The van der Waals surface area contributed by atoms with E-state index in [0.29, 0.717) is 3.93 Å². The van der Waals surface area contributed by atoms with Crippen molar-refractivity contribution in [2.75, 3.05) is 0 Å². The Labute approximate surface area is 114 Å². The van der Waals surface area contributed by atoms with Gasteiger partial charge in [0.2, 0.25) is 0 Å². The average molecular weight is 343 g/mol. The van der Waals surface area contributed by atoms with Gasteiger partial charge in [0.25, 0.3) is 0 Å². The molecule has 0 spiro atoms. The molecular weight excluding hydrogens is 311 g/mol. The molecular formula is C16H32Sn. The number of terminal acetylenes is 1. The summed E-state index contributed by atoms with van der Waals surface area (Å²) >= 11 is -2.03. The van der Waals surface area contributed by atoms with Crippen LogP contribution in [0.1, 0.15) is 66.2 Å². The van der Waals surface area contributed by atoms with Crippen molar-refractivity contribution in [1.29, 1.82) is 0 Å². The van der Waals surface area contributed by atoms with Gasteiger partial charge < -0.3 is 0 Å². The standard InChI is InChI=1S/3C4H9.C4H5.Sn/c4*1-3-4-2;/h3*1,3-4H2,2H3;1,4H,2H3;. The molecule has 0 aromatic heterocycles. The summed E-state index contributed by atoms with van der Waals surface area (Å²) in [6.07, 6.45) is 14.1. The van der Waals surface area contributed by atoms with E-state index in [1.54, 1.807) is 0 Å². The van der Waals surface area contributed by atoms with Crippen molar-refractivity contribution in [1.82, 2.24) is 0 Å². The molecule has 0 amide bonds.